The Hall–Kier alpha value is -2.14. The maximum absolute atomic E-state index is 12.5. The molecule has 3 rings (SSSR count). The summed E-state index contributed by atoms with van der Waals surface area (Å²) in [4.78, 5) is 12.5. The van der Waals surface area contributed by atoms with Crippen LogP contribution < -0.4 is 5.32 Å². The fraction of sp³-hybridized carbons (Fsp3) is 0.278. The van der Waals surface area contributed by atoms with Crippen molar-refractivity contribution in [2.75, 3.05) is 11.5 Å². The minimum absolute atomic E-state index is 0.0465. The molecule has 1 fully saturated rings. The first-order valence-electron chi connectivity index (χ1n) is 7.66. The lowest BCUT2D eigenvalue weighted by atomic mass is 9.97. The second-order valence-corrected chi connectivity index (χ2v) is 8.09. The van der Waals surface area contributed by atoms with Gasteiger partial charge in [0.05, 0.1) is 23.5 Å². The quantitative estimate of drug-likeness (QED) is 0.936. The van der Waals surface area contributed by atoms with Crippen LogP contribution in [0.5, 0.6) is 0 Å². The van der Waals surface area contributed by atoms with Crippen LogP contribution in [0.4, 0.5) is 0 Å². The molecule has 1 aliphatic rings. The summed E-state index contributed by atoms with van der Waals surface area (Å²) in [5, 5.41) is 3.03. The van der Waals surface area contributed by atoms with Gasteiger partial charge in [-0.2, -0.15) is 0 Å². The van der Waals surface area contributed by atoms with Crippen LogP contribution in [0.25, 0.3) is 0 Å². The summed E-state index contributed by atoms with van der Waals surface area (Å²) in [5.74, 6) is -0.583. The number of hydrogen-bond donors (Lipinski definition) is 1. The fourth-order valence-corrected chi connectivity index (χ4v) is 4.65. The lowest BCUT2D eigenvalue weighted by molar-refractivity contribution is -0.124. The van der Waals surface area contributed by atoms with Gasteiger partial charge in [-0.05, 0) is 17.5 Å². The number of sulfone groups is 1. The molecule has 0 aromatic heterocycles. The maximum atomic E-state index is 12.5. The summed E-state index contributed by atoms with van der Waals surface area (Å²) in [6.07, 6.45) is 0.407. The molecule has 1 atom stereocenters. The molecule has 5 heteroatoms. The number of benzene rings is 2. The standard InChI is InChI=1S/C18H19NO3S/c20-18(16-11-12-23(21,22)13-16)19-17(14-7-3-1-4-8-14)15-9-5-2-6-10-15/h1-10,16-17H,11-13H2,(H,19,20)/t16-/m1/s1. The molecule has 0 spiro atoms. The molecule has 0 aliphatic carbocycles. The number of rotatable bonds is 4. The average Bonchev–Trinajstić information content (AvgIpc) is 2.94. The Balaban J connectivity index is 1.84. The van der Waals surface area contributed by atoms with E-state index in [1.165, 1.54) is 0 Å². The van der Waals surface area contributed by atoms with Gasteiger partial charge in [0.15, 0.2) is 9.84 Å². The van der Waals surface area contributed by atoms with Gasteiger partial charge >= 0.3 is 0 Å². The molecule has 2 aromatic rings. The largest absolute Gasteiger partial charge is 0.345 e. The van der Waals surface area contributed by atoms with Crippen LogP contribution in [0.1, 0.15) is 23.6 Å². The van der Waals surface area contributed by atoms with E-state index in [1.807, 2.05) is 60.7 Å². The van der Waals surface area contributed by atoms with E-state index in [2.05, 4.69) is 5.32 Å². The van der Waals surface area contributed by atoms with Gasteiger partial charge < -0.3 is 5.32 Å². The van der Waals surface area contributed by atoms with Crippen molar-refractivity contribution in [2.45, 2.75) is 12.5 Å². The Morgan fingerprint density at radius 3 is 1.91 bits per heavy atom. The summed E-state index contributed by atoms with van der Waals surface area (Å²) in [6, 6.07) is 19.1. The lowest BCUT2D eigenvalue weighted by Crippen LogP contribution is -2.35. The molecule has 0 unspecified atom stereocenters. The number of amides is 1. The van der Waals surface area contributed by atoms with Crippen molar-refractivity contribution >= 4 is 15.7 Å². The van der Waals surface area contributed by atoms with Gasteiger partial charge in [0.25, 0.3) is 0 Å². The molecular weight excluding hydrogens is 310 g/mol. The first kappa shape index (κ1) is 15.7. The average molecular weight is 329 g/mol. The molecule has 1 amide bonds. The van der Waals surface area contributed by atoms with Crippen molar-refractivity contribution in [1.82, 2.24) is 5.32 Å². The Kier molecular flexibility index (Phi) is 4.48. The van der Waals surface area contributed by atoms with Crippen LogP contribution in [-0.2, 0) is 14.6 Å². The smallest absolute Gasteiger partial charge is 0.224 e. The van der Waals surface area contributed by atoms with Crippen LogP contribution in [0.15, 0.2) is 60.7 Å². The summed E-state index contributed by atoms with van der Waals surface area (Å²) >= 11 is 0. The minimum Gasteiger partial charge on any atom is -0.345 e. The minimum atomic E-state index is -3.07. The predicted octanol–water partition coefficient (Wildman–Crippen LogP) is 2.33. The molecule has 0 saturated carbocycles. The molecule has 1 saturated heterocycles. The van der Waals surface area contributed by atoms with Gasteiger partial charge in [0.1, 0.15) is 0 Å². The van der Waals surface area contributed by atoms with E-state index >= 15 is 0 Å². The number of nitrogens with one attached hydrogen (secondary N) is 1. The van der Waals surface area contributed by atoms with Crippen LogP contribution in [0, 0.1) is 5.92 Å². The highest BCUT2D eigenvalue weighted by Crippen LogP contribution is 2.24. The van der Waals surface area contributed by atoms with E-state index in [9.17, 15) is 13.2 Å². The number of carbonyl (C=O) groups is 1. The summed E-state index contributed by atoms with van der Waals surface area (Å²) in [6.45, 7) is 0. The monoisotopic (exact) mass is 329 g/mol. The van der Waals surface area contributed by atoms with E-state index in [0.717, 1.165) is 11.1 Å². The van der Waals surface area contributed by atoms with E-state index in [0.29, 0.717) is 6.42 Å². The molecule has 120 valence electrons. The zero-order valence-electron chi connectivity index (χ0n) is 12.7. The molecule has 1 aliphatic heterocycles. The zero-order chi connectivity index (χ0) is 16.3. The third kappa shape index (κ3) is 3.79. The van der Waals surface area contributed by atoms with Crippen molar-refractivity contribution in [1.29, 1.82) is 0 Å². The normalized spacial score (nSPS) is 19.6. The van der Waals surface area contributed by atoms with Crippen molar-refractivity contribution in [3.8, 4) is 0 Å². The van der Waals surface area contributed by atoms with Crippen LogP contribution in [0.2, 0.25) is 0 Å². The number of carbonyl (C=O) groups excluding carboxylic acids is 1. The topological polar surface area (TPSA) is 63.2 Å². The third-order valence-corrected chi connectivity index (χ3v) is 5.92. The van der Waals surface area contributed by atoms with Gasteiger partial charge in [-0.1, -0.05) is 60.7 Å². The molecule has 1 heterocycles. The van der Waals surface area contributed by atoms with Crippen LogP contribution >= 0.6 is 0 Å². The Bertz CT molecular complexity index is 733. The van der Waals surface area contributed by atoms with Gasteiger partial charge in [-0.25, -0.2) is 8.42 Å². The highest BCUT2D eigenvalue weighted by Gasteiger charge is 2.34. The van der Waals surface area contributed by atoms with Crippen LogP contribution in [0.3, 0.4) is 0 Å². The maximum Gasteiger partial charge on any atom is 0.224 e. The van der Waals surface area contributed by atoms with E-state index in [4.69, 9.17) is 0 Å². The van der Waals surface area contributed by atoms with Gasteiger partial charge in [0, 0.05) is 0 Å². The SMILES string of the molecule is O=C(NC(c1ccccc1)c1ccccc1)[C@@H]1CCS(=O)(=O)C1. The van der Waals surface area contributed by atoms with Crippen molar-refractivity contribution in [3.05, 3.63) is 71.8 Å². The van der Waals surface area contributed by atoms with Crippen molar-refractivity contribution < 1.29 is 13.2 Å². The summed E-state index contributed by atoms with van der Waals surface area (Å²) in [5.41, 5.74) is 1.96. The lowest BCUT2D eigenvalue weighted by Gasteiger charge is -2.21. The second kappa shape index (κ2) is 6.54. The molecule has 0 bridgehead atoms. The second-order valence-electron chi connectivity index (χ2n) is 5.86. The predicted molar refractivity (Wildman–Crippen MR) is 89.6 cm³/mol. The van der Waals surface area contributed by atoms with E-state index in [1.54, 1.807) is 0 Å². The van der Waals surface area contributed by atoms with Gasteiger partial charge in [-0.15, -0.1) is 0 Å². The summed E-state index contributed by atoms with van der Waals surface area (Å²) < 4.78 is 23.2. The van der Waals surface area contributed by atoms with Crippen molar-refractivity contribution in [2.24, 2.45) is 5.92 Å². The van der Waals surface area contributed by atoms with Crippen molar-refractivity contribution in [3.63, 3.8) is 0 Å². The van der Waals surface area contributed by atoms with Crippen LogP contribution in [-0.4, -0.2) is 25.8 Å². The molecule has 23 heavy (non-hydrogen) atoms. The first-order chi connectivity index (χ1) is 11.1. The third-order valence-electron chi connectivity index (χ3n) is 4.16. The highest BCUT2D eigenvalue weighted by molar-refractivity contribution is 7.91. The van der Waals surface area contributed by atoms with E-state index in [-0.39, 0.29) is 23.5 Å². The number of hydrogen-bond acceptors (Lipinski definition) is 3. The van der Waals surface area contributed by atoms with E-state index < -0.39 is 15.8 Å². The molecule has 1 N–H and O–H groups in total. The highest BCUT2D eigenvalue weighted by atomic mass is 32.2. The summed E-state index contributed by atoms with van der Waals surface area (Å²) in [7, 11) is -3.07. The molecule has 2 aromatic carbocycles. The Labute approximate surface area is 136 Å². The first-order valence-corrected chi connectivity index (χ1v) is 9.48. The fourth-order valence-electron chi connectivity index (χ4n) is 2.91. The molecular formula is C18H19NO3S. The van der Waals surface area contributed by atoms with Gasteiger partial charge in [-0.3, -0.25) is 4.79 Å². The zero-order valence-corrected chi connectivity index (χ0v) is 13.5. The molecule has 0 radical (unpaired) electrons. The Morgan fingerprint density at radius 2 is 1.48 bits per heavy atom. The Morgan fingerprint density at radius 1 is 0.957 bits per heavy atom. The molecule has 4 nitrogen and oxygen atoms in total. The van der Waals surface area contributed by atoms with Gasteiger partial charge in [0.2, 0.25) is 5.91 Å².